The van der Waals surface area contributed by atoms with Gasteiger partial charge in [0.15, 0.2) is 6.10 Å². The molecule has 0 heterocycles. The number of carbonyl (C=O) groups is 3. The third kappa shape index (κ3) is 52.1. The summed E-state index contributed by atoms with van der Waals surface area (Å²) in [6.45, 7) is 6.57. The first kappa shape index (κ1) is 63.1. The van der Waals surface area contributed by atoms with E-state index < -0.39 is 6.10 Å². The number of carbonyl (C=O) groups excluding carboxylic acids is 3. The van der Waals surface area contributed by atoms with E-state index in [1.165, 1.54) is 167 Å². The van der Waals surface area contributed by atoms with E-state index in [2.05, 4.69) is 81.5 Å². The van der Waals surface area contributed by atoms with Crippen LogP contribution in [0.3, 0.4) is 0 Å². The van der Waals surface area contributed by atoms with Crippen molar-refractivity contribution in [3.63, 3.8) is 0 Å². The van der Waals surface area contributed by atoms with Crippen LogP contribution in [0.5, 0.6) is 0 Å². The Bertz CT molecular complexity index is 1200. The van der Waals surface area contributed by atoms with Crippen LogP contribution in [0, 0.1) is 0 Å². The summed E-state index contributed by atoms with van der Waals surface area (Å²) in [5.74, 6) is -0.948. The molecule has 382 valence electrons. The van der Waals surface area contributed by atoms with Gasteiger partial charge >= 0.3 is 17.9 Å². The predicted molar refractivity (Wildman–Crippen MR) is 284 cm³/mol. The van der Waals surface area contributed by atoms with E-state index in [4.69, 9.17) is 14.2 Å². The number of allylic oxidation sites excluding steroid dienone is 10. The van der Waals surface area contributed by atoms with Crippen LogP contribution >= 0.6 is 0 Å². The molecule has 0 saturated heterocycles. The quantitative estimate of drug-likeness (QED) is 0.0262. The number of hydrogen-bond donors (Lipinski definition) is 0. The van der Waals surface area contributed by atoms with Crippen LogP contribution in [0.2, 0.25) is 0 Å². The van der Waals surface area contributed by atoms with Crippen LogP contribution in [0.15, 0.2) is 60.8 Å². The van der Waals surface area contributed by atoms with Gasteiger partial charge in [-0.1, -0.05) is 242 Å². The molecule has 0 saturated carbocycles. The molecule has 0 aliphatic rings. The lowest BCUT2D eigenvalue weighted by molar-refractivity contribution is -0.167. The molecule has 6 nitrogen and oxygen atoms in total. The van der Waals surface area contributed by atoms with Crippen molar-refractivity contribution in [1.82, 2.24) is 0 Å². The summed E-state index contributed by atoms with van der Waals surface area (Å²) in [6, 6.07) is 0. The second kappa shape index (κ2) is 54.7. The molecule has 0 amide bonds. The highest BCUT2D eigenvalue weighted by Crippen LogP contribution is 2.16. The Morgan fingerprint density at radius 3 is 0.955 bits per heavy atom. The zero-order valence-corrected chi connectivity index (χ0v) is 43.7. The molecule has 0 spiro atoms. The number of ether oxygens (including phenoxy) is 3. The van der Waals surface area contributed by atoms with Gasteiger partial charge in [-0.25, -0.2) is 0 Å². The van der Waals surface area contributed by atoms with E-state index in [0.29, 0.717) is 19.3 Å². The molecule has 0 aliphatic carbocycles. The molecule has 6 heteroatoms. The van der Waals surface area contributed by atoms with Crippen molar-refractivity contribution in [2.24, 2.45) is 0 Å². The van der Waals surface area contributed by atoms with Crippen LogP contribution in [0.25, 0.3) is 0 Å². The van der Waals surface area contributed by atoms with Crippen LogP contribution in [-0.4, -0.2) is 37.2 Å². The molecule has 0 N–H and O–H groups in total. The molecule has 0 aliphatic heterocycles. The summed E-state index contributed by atoms with van der Waals surface area (Å²) in [6.07, 6.45) is 67.8. The Hall–Kier alpha value is -2.89. The summed E-state index contributed by atoms with van der Waals surface area (Å²) in [5.41, 5.74) is 0. The largest absolute Gasteiger partial charge is 0.462 e. The molecule has 0 aromatic carbocycles. The smallest absolute Gasteiger partial charge is 0.306 e. The molecule has 0 bridgehead atoms. The van der Waals surface area contributed by atoms with Crippen molar-refractivity contribution < 1.29 is 28.6 Å². The standard InChI is InChI=1S/C60H106O6/c1-4-7-10-13-16-19-22-25-28-30-32-35-38-41-44-47-50-53-59(62)65-56-57(55-64-58(61)52-49-46-43-40-37-34-27-24-21-18-15-12-9-6-3)66-60(63)54-51-48-45-42-39-36-33-31-29-26-23-20-17-14-11-8-5-2/h16,19,24-25,27-28,32,35,41,44,57H,4-15,17-18,20-23,26,29-31,33-34,36-40,42-43,45-56H2,1-3H3/b19-16+,27-24+,28-25+,35-32+,44-41+/t57-/m1/s1. The van der Waals surface area contributed by atoms with E-state index >= 15 is 0 Å². The molecule has 0 rings (SSSR count). The third-order valence-electron chi connectivity index (χ3n) is 12.2. The normalized spacial score (nSPS) is 12.5. The number of esters is 3. The van der Waals surface area contributed by atoms with Gasteiger partial charge in [-0.15, -0.1) is 0 Å². The van der Waals surface area contributed by atoms with E-state index in [0.717, 1.165) is 70.6 Å². The highest BCUT2D eigenvalue weighted by atomic mass is 16.6. The summed E-state index contributed by atoms with van der Waals surface area (Å²) in [7, 11) is 0. The fourth-order valence-electron chi connectivity index (χ4n) is 7.96. The Morgan fingerprint density at radius 2 is 0.561 bits per heavy atom. The summed E-state index contributed by atoms with van der Waals surface area (Å²) < 4.78 is 16.8. The highest BCUT2D eigenvalue weighted by molar-refractivity contribution is 5.71. The van der Waals surface area contributed by atoms with Gasteiger partial charge in [-0.05, 0) is 83.5 Å². The van der Waals surface area contributed by atoms with E-state index in [9.17, 15) is 14.4 Å². The summed E-state index contributed by atoms with van der Waals surface area (Å²) >= 11 is 0. The Morgan fingerprint density at radius 1 is 0.303 bits per heavy atom. The lowest BCUT2D eigenvalue weighted by Crippen LogP contribution is -2.30. The van der Waals surface area contributed by atoms with Crippen LogP contribution in [0.4, 0.5) is 0 Å². The molecular weight excluding hydrogens is 817 g/mol. The first-order valence-electron chi connectivity index (χ1n) is 28.3. The summed E-state index contributed by atoms with van der Waals surface area (Å²) in [4.78, 5) is 38.1. The van der Waals surface area contributed by atoms with Crippen molar-refractivity contribution in [3.8, 4) is 0 Å². The molecule has 0 fully saturated rings. The predicted octanol–water partition coefficient (Wildman–Crippen LogP) is 18.8. The zero-order chi connectivity index (χ0) is 47.9. The van der Waals surface area contributed by atoms with Gasteiger partial charge in [-0.3, -0.25) is 14.4 Å². The topological polar surface area (TPSA) is 78.9 Å². The van der Waals surface area contributed by atoms with E-state index in [1.807, 2.05) is 0 Å². The maximum atomic E-state index is 12.8. The van der Waals surface area contributed by atoms with Gasteiger partial charge in [0.1, 0.15) is 13.2 Å². The molecule has 0 radical (unpaired) electrons. The first-order valence-corrected chi connectivity index (χ1v) is 28.3. The van der Waals surface area contributed by atoms with Gasteiger partial charge in [0, 0.05) is 19.3 Å². The van der Waals surface area contributed by atoms with Crippen molar-refractivity contribution in [2.45, 2.75) is 290 Å². The molecule has 0 unspecified atom stereocenters. The average molecular weight is 924 g/mol. The maximum Gasteiger partial charge on any atom is 0.306 e. The molecular formula is C60H106O6. The number of rotatable bonds is 51. The molecule has 0 aromatic rings. The Balaban J connectivity index is 4.45. The average Bonchev–Trinajstić information content (AvgIpc) is 3.31. The van der Waals surface area contributed by atoms with Gasteiger partial charge < -0.3 is 14.2 Å². The summed E-state index contributed by atoms with van der Waals surface area (Å²) in [5, 5.41) is 0. The van der Waals surface area contributed by atoms with Crippen molar-refractivity contribution in [2.75, 3.05) is 13.2 Å². The highest BCUT2D eigenvalue weighted by Gasteiger charge is 2.19. The number of hydrogen-bond acceptors (Lipinski definition) is 6. The zero-order valence-electron chi connectivity index (χ0n) is 43.7. The Kier molecular flexibility index (Phi) is 52.3. The first-order chi connectivity index (χ1) is 32.5. The minimum atomic E-state index is -0.797. The van der Waals surface area contributed by atoms with Gasteiger partial charge in [0.25, 0.3) is 0 Å². The molecule has 66 heavy (non-hydrogen) atoms. The third-order valence-corrected chi connectivity index (χ3v) is 12.2. The monoisotopic (exact) mass is 923 g/mol. The maximum absolute atomic E-state index is 12.8. The fourth-order valence-corrected chi connectivity index (χ4v) is 7.96. The minimum absolute atomic E-state index is 0.0932. The van der Waals surface area contributed by atoms with Crippen molar-refractivity contribution >= 4 is 17.9 Å². The van der Waals surface area contributed by atoms with E-state index in [1.54, 1.807) is 0 Å². The lowest BCUT2D eigenvalue weighted by Gasteiger charge is -2.18. The second-order valence-corrected chi connectivity index (χ2v) is 18.8. The van der Waals surface area contributed by atoms with Crippen molar-refractivity contribution in [3.05, 3.63) is 60.8 Å². The lowest BCUT2D eigenvalue weighted by atomic mass is 10.0. The van der Waals surface area contributed by atoms with Crippen LogP contribution in [0.1, 0.15) is 284 Å². The number of unbranched alkanes of at least 4 members (excludes halogenated alkanes) is 30. The minimum Gasteiger partial charge on any atom is -0.462 e. The second-order valence-electron chi connectivity index (χ2n) is 18.8. The van der Waals surface area contributed by atoms with Crippen LogP contribution in [-0.2, 0) is 28.6 Å². The molecule has 1 atom stereocenters. The van der Waals surface area contributed by atoms with Crippen LogP contribution < -0.4 is 0 Å². The van der Waals surface area contributed by atoms with Gasteiger partial charge in [0.05, 0.1) is 0 Å². The molecule has 0 aromatic heterocycles. The SMILES string of the molecule is CCCCC/C=C/C/C=C/C/C=C/C/C=C/CCCC(=O)OC[C@@H](COC(=O)CCCCCCC/C=C/CCCCCCC)OC(=O)CCCCCCCCCCCCCCCCCCC. The van der Waals surface area contributed by atoms with Crippen molar-refractivity contribution in [1.29, 1.82) is 0 Å². The fraction of sp³-hybridized carbons (Fsp3) is 0.783. The van der Waals surface area contributed by atoms with Gasteiger partial charge in [0.2, 0.25) is 0 Å². The Labute approximate surface area is 409 Å². The van der Waals surface area contributed by atoms with E-state index in [-0.39, 0.29) is 37.5 Å². The van der Waals surface area contributed by atoms with Gasteiger partial charge in [-0.2, -0.15) is 0 Å².